The van der Waals surface area contributed by atoms with Crippen molar-refractivity contribution in [3.8, 4) is 17.1 Å². The van der Waals surface area contributed by atoms with E-state index >= 15 is 0 Å². The highest BCUT2D eigenvalue weighted by molar-refractivity contribution is 7.99. The van der Waals surface area contributed by atoms with Gasteiger partial charge in [-0.05, 0) is 43.7 Å². The molecule has 0 spiro atoms. The van der Waals surface area contributed by atoms with Gasteiger partial charge in [0.1, 0.15) is 0 Å². The maximum Gasteiger partial charge on any atom is 0.250 e. The Morgan fingerprint density at radius 1 is 0.971 bits per heavy atom. The number of amides is 1. The quantitative estimate of drug-likeness (QED) is 0.185. The molecule has 9 heteroatoms. The number of carbonyl (C=O) groups is 1. The molecule has 0 radical (unpaired) electrons. The first-order valence-electron chi connectivity index (χ1n) is 10.4. The lowest BCUT2D eigenvalue weighted by Gasteiger charge is -2.11. The third-order valence-corrected chi connectivity index (χ3v) is 6.58. The minimum atomic E-state index is -0.267. The molecule has 1 N–H and O–H groups in total. The van der Waals surface area contributed by atoms with E-state index in [4.69, 9.17) is 23.2 Å². The predicted octanol–water partition coefficient (Wildman–Crippen LogP) is 6.10. The van der Waals surface area contributed by atoms with Crippen molar-refractivity contribution in [2.75, 3.05) is 5.75 Å². The van der Waals surface area contributed by atoms with E-state index < -0.39 is 0 Å². The van der Waals surface area contributed by atoms with Crippen LogP contribution < -0.4 is 5.43 Å². The molecule has 0 atom stereocenters. The van der Waals surface area contributed by atoms with Crippen molar-refractivity contribution in [3.05, 3.63) is 93.5 Å². The van der Waals surface area contributed by atoms with E-state index in [-0.39, 0.29) is 11.7 Å². The second-order valence-corrected chi connectivity index (χ2v) is 9.36. The van der Waals surface area contributed by atoms with E-state index in [0.717, 1.165) is 27.9 Å². The number of hydrogen-bond donors (Lipinski definition) is 1. The van der Waals surface area contributed by atoms with Crippen LogP contribution in [0.1, 0.15) is 16.7 Å². The molecule has 6 nitrogen and oxygen atoms in total. The van der Waals surface area contributed by atoms with E-state index in [2.05, 4.69) is 20.7 Å². The average molecular weight is 510 g/mol. The third-order valence-electron chi connectivity index (χ3n) is 4.91. The third kappa shape index (κ3) is 5.86. The van der Waals surface area contributed by atoms with Crippen LogP contribution in [0.4, 0.5) is 0 Å². The number of carbonyl (C=O) groups excluding carboxylic acids is 1. The molecule has 1 heterocycles. The van der Waals surface area contributed by atoms with Crippen LogP contribution in [0.25, 0.3) is 17.1 Å². The van der Waals surface area contributed by atoms with Crippen LogP contribution in [-0.4, -0.2) is 32.6 Å². The van der Waals surface area contributed by atoms with Crippen LogP contribution >= 0.6 is 35.0 Å². The van der Waals surface area contributed by atoms with Gasteiger partial charge in [0.2, 0.25) is 0 Å². The van der Waals surface area contributed by atoms with Crippen LogP contribution in [0, 0.1) is 13.8 Å². The summed E-state index contributed by atoms with van der Waals surface area (Å²) in [7, 11) is 0. The number of hydrazone groups is 1. The molecule has 4 rings (SSSR count). The molecule has 1 amide bonds. The van der Waals surface area contributed by atoms with Gasteiger partial charge in [0.15, 0.2) is 11.0 Å². The smallest absolute Gasteiger partial charge is 0.250 e. The fourth-order valence-electron chi connectivity index (χ4n) is 3.11. The molecule has 0 unspecified atom stereocenters. The highest BCUT2D eigenvalue weighted by Crippen LogP contribution is 2.28. The fraction of sp³-hybridized carbons (Fsp3) is 0.120. The Hall–Kier alpha value is -3.13. The van der Waals surface area contributed by atoms with E-state index in [1.165, 1.54) is 18.0 Å². The molecule has 1 aromatic heterocycles. The molecule has 34 heavy (non-hydrogen) atoms. The number of thioether (sulfide) groups is 1. The largest absolute Gasteiger partial charge is 0.272 e. The maximum absolute atomic E-state index is 12.4. The Bertz CT molecular complexity index is 1330. The standard InChI is InChI=1S/C25H21Cl2N5OS/c1-16-3-8-19(9-4-16)24-30-31-25(32(24)20-10-5-17(2)6-11-20)34-15-23(33)29-28-14-18-7-12-21(26)22(27)13-18/h3-14H,15H2,1-2H3,(H,29,33)/b28-14+. The average Bonchev–Trinajstić information content (AvgIpc) is 3.25. The molecule has 0 aliphatic carbocycles. The number of nitrogens with one attached hydrogen (secondary N) is 1. The van der Waals surface area contributed by atoms with E-state index in [1.54, 1.807) is 18.2 Å². The van der Waals surface area contributed by atoms with Gasteiger partial charge >= 0.3 is 0 Å². The van der Waals surface area contributed by atoms with Gasteiger partial charge in [-0.15, -0.1) is 10.2 Å². The SMILES string of the molecule is Cc1ccc(-c2nnc(SCC(=O)N/N=C/c3ccc(Cl)c(Cl)c3)n2-c2ccc(C)cc2)cc1. The number of hydrogen-bond acceptors (Lipinski definition) is 5. The lowest BCUT2D eigenvalue weighted by molar-refractivity contribution is -0.118. The fourth-order valence-corrected chi connectivity index (χ4v) is 4.16. The molecular weight excluding hydrogens is 489 g/mol. The van der Waals surface area contributed by atoms with Crippen LogP contribution in [0.3, 0.4) is 0 Å². The Kier molecular flexibility index (Phi) is 7.67. The van der Waals surface area contributed by atoms with Gasteiger partial charge in [-0.3, -0.25) is 9.36 Å². The normalized spacial score (nSPS) is 11.2. The van der Waals surface area contributed by atoms with Crippen molar-refractivity contribution in [2.45, 2.75) is 19.0 Å². The summed E-state index contributed by atoms with van der Waals surface area (Å²) in [5.74, 6) is 0.567. The minimum Gasteiger partial charge on any atom is -0.272 e. The number of aromatic nitrogens is 3. The highest BCUT2D eigenvalue weighted by atomic mass is 35.5. The molecule has 0 aliphatic heterocycles. The summed E-state index contributed by atoms with van der Waals surface area (Å²) in [5.41, 5.74) is 7.44. The molecular formula is C25H21Cl2N5OS. The van der Waals surface area contributed by atoms with Crippen LogP contribution in [0.15, 0.2) is 77.0 Å². The summed E-state index contributed by atoms with van der Waals surface area (Å²) in [6.07, 6.45) is 1.51. The lowest BCUT2D eigenvalue weighted by Crippen LogP contribution is -2.20. The summed E-state index contributed by atoms with van der Waals surface area (Å²) in [4.78, 5) is 12.4. The number of aryl methyl sites for hydroxylation is 2. The van der Waals surface area contributed by atoms with Gasteiger partial charge in [-0.25, -0.2) is 5.43 Å². The van der Waals surface area contributed by atoms with Crippen molar-refractivity contribution < 1.29 is 4.79 Å². The molecule has 0 saturated carbocycles. The topological polar surface area (TPSA) is 72.2 Å². The van der Waals surface area contributed by atoms with E-state index in [9.17, 15) is 4.79 Å². The second-order valence-electron chi connectivity index (χ2n) is 7.60. The molecule has 4 aromatic rings. The molecule has 172 valence electrons. The van der Waals surface area contributed by atoms with E-state index in [1.807, 2.05) is 66.9 Å². The van der Waals surface area contributed by atoms with Gasteiger partial charge in [0.05, 0.1) is 22.0 Å². The zero-order valence-electron chi connectivity index (χ0n) is 18.5. The molecule has 3 aromatic carbocycles. The van der Waals surface area contributed by atoms with Crippen molar-refractivity contribution in [2.24, 2.45) is 5.10 Å². The van der Waals surface area contributed by atoms with Crippen molar-refractivity contribution in [1.29, 1.82) is 0 Å². The molecule has 0 saturated heterocycles. The number of nitrogens with zero attached hydrogens (tertiary/aromatic N) is 4. The zero-order chi connectivity index (χ0) is 24.1. The monoisotopic (exact) mass is 509 g/mol. The predicted molar refractivity (Wildman–Crippen MR) is 139 cm³/mol. The summed E-state index contributed by atoms with van der Waals surface area (Å²) >= 11 is 13.2. The number of benzene rings is 3. The van der Waals surface area contributed by atoms with Gasteiger partial charge in [-0.1, -0.05) is 88.6 Å². The van der Waals surface area contributed by atoms with Gasteiger partial charge in [0, 0.05) is 11.3 Å². The first-order valence-corrected chi connectivity index (χ1v) is 12.1. The lowest BCUT2D eigenvalue weighted by atomic mass is 10.1. The maximum atomic E-state index is 12.4. The Morgan fingerprint density at radius 2 is 1.65 bits per heavy atom. The summed E-state index contributed by atoms with van der Waals surface area (Å²) < 4.78 is 1.96. The zero-order valence-corrected chi connectivity index (χ0v) is 20.8. The van der Waals surface area contributed by atoms with E-state index in [0.29, 0.717) is 21.0 Å². The van der Waals surface area contributed by atoms with Gasteiger partial charge in [-0.2, -0.15) is 5.10 Å². The van der Waals surface area contributed by atoms with Crippen molar-refractivity contribution >= 4 is 47.1 Å². The van der Waals surface area contributed by atoms with Crippen LogP contribution in [-0.2, 0) is 4.79 Å². The number of rotatable bonds is 7. The van der Waals surface area contributed by atoms with Gasteiger partial charge in [0.25, 0.3) is 5.91 Å². The van der Waals surface area contributed by atoms with Gasteiger partial charge < -0.3 is 0 Å². The Labute approximate surface area is 212 Å². The first kappa shape index (κ1) is 24.0. The van der Waals surface area contributed by atoms with Crippen molar-refractivity contribution in [3.63, 3.8) is 0 Å². The summed E-state index contributed by atoms with van der Waals surface area (Å²) in [6, 6.07) is 21.3. The number of halogens is 2. The Balaban J connectivity index is 1.50. The molecule has 0 fully saturated rings. The first-order chi connectivity index (χ1) is 16.4. The summed E-state index contributed by atoms with van der Waals surface area (Å²) in [6.45, 7) is 4.08. The Morgan fingerprint density at radius 3 is 2.32 bits per heavy atom. The molecule has 0 bridgehead atoms. The minimum absolute atomic E-state index is 0.122. The second kappa shape index (κ2) is 10.9. The highest BCUT2D eigenvalue weighted by Gasteiger charge is 2.17. The summed E-state index contributed by atoms with van der Waals surface area (Å²) in [5, 5.41) is 14.3. The van der Waals surface area contributed by atoms with Crippen molar-refractivity contribution in [1.82, 2.24) is 20.2 Å². The van der Waals surface area contributed by atoms with Crippen LogP contribution in [0.5, 0.6) is 0 Å². The van der Waals surface area contributed by atoms with Crippen LogP contribution in [0.2, 0.25) is 10.0 Å². The molecule has 0 aliphatic rings.